The van der Waals surface area contributed by atoms with E-state index < -0.39 is 10.0 Å². The zero-order chi connectivity index (χ0) is 15.7. The maximum absolute atomic E-state index is 12.0. The van der Waals surface area contributed by atoms with Gasteiger partial charge in [0.05, 0.1) is 4.90 Å². The van der Waals surface area contributed by atoms with Crippen LogP contribution in [0.15, 0.2) is 34.2 Å². The third-order valence-corrected chi connectivity index (χ3v) is 4.28. The van der Waals surface area contributed by atoms with Crippen molar-refractivity contribution >= 4 is 40.0 Å². The molecule has 1 aromatic carbocycles. The van der Waals surface area contributed by atoms with Gasteiger partial charge in [0.15, 0.2) is 5.96 Å². The summed E-state index contributed by atoms with van der Waals surface area (Å²) in [6.07, 6.45) is 1.00. The predicted molar refractivity (Wildman–Crippen MR) is 101 cm³/mol. The minimum Gasteiger partial charge on any atom is -0.356 e. The van der Waals surface area contributed by atoms with Gasteiger partial charge in [-0.05, 0) is 25.5 Å². The molecule has 3 N–H and O–H groups in total. The molecule has 8 heteroatoms. The van der Waals surface area contributed by atoms with Crippen molar-refractivity contribution in [1.82, 2.24) is 15.4 Å². The highest BCUT2D eigenvalue weighted by Gasteiger charge is 2.12. The van der Waals surface area contributed by atoms with Crippen LogP contribution in [-0.2, 0) is 10.0 Å². The minimum absolute atomic E-state index is 0. The van der Waals surface area contributed by atoms with Gasteiger partial charge in [-0.3, -0.25) is 4.99 Å². The van der Waals surface area contributed by atoms with Gasteiger partial charge in [0, 0.05) is 26.7 Å². The number of nitrogens with zero attached hydrogens (tertiary/aromatic N) is 1. The van der Waals surface area contributed by atoms with E-state index in [2.05, 4.69) is 27.3 Å². The summed E-state index contributed by atoms with van der Waals surface area (Å²) >= 11 is 0. The highest BCUT2D eigenvalue weighted by molar-refractivity contribution is 14.0. The molecular weight excluding hydrogens is 415 g/mol. The second-order valence-corrected chi connectivity index (χ2v) is 6.40. The Morgan fingerprint density at radius 1 is 1.09 bits per heavy atom. The molecule has 0 heterocycles. The fourth-order valence-electron chi connectivity index (χ4n) is 1.63. The molecule has 1 aromatic rings. The van der Waals surface area contributed by atoms with Crippen molar-refractivity contribution in [2.45, 2.75) is 25.2 Å². The Hall–Kier alpha value is -0.870. The van der Waals surface area contributed by atoms with Crippen LogP contribution in [0.4, 0.5) is 0 Å². The van der Waals surface area contributed by atoms with Gasteiger partial charge < -0.3 is 10.6 Å². The molecule has 0 amide bonds. The van der Waals surface area contributed by atoms with Crippen molar-refractivity contribution < 1.29 is 8.42 Å². The largest absolute Gasteiger partial charge is 0.356 e. The van der Waals surface area contributed by atoms with Crippen molar-refractivity contribution in [3.8, 4) is 0 Å². The minimum atomic E-state index is -3.45. The maximum Gasteiger partial charge on any atom is 0.240 e. The number of guanidine groups is 1. The lowest BCUT2D eigenvalue weighted by Crippen LogP contribution is -2.41. The van der Waals surface area contributed by atoms with E-state index in [0.717, 1.165) is 18.5 Å². The van der Waals surface area contributed by atoms with Gasteiger partial charge in [-0.1, -0.05) is 24.6 Å². The molecule has 22 heavy (non-hydrogen) atoms. The molecule has 1 rings (SSSR count). The number of benzene rings is 1. The Kier molecular flexibility index (Phi) is 10.4. The predicted octanol–water partition coefficient (Wildman–Crippen LogP) is 1.47. The van der Waals surface area contributed by atoms with Gasteiger partial charge in [-0.25, -0.2) is 13.1 Å². The molecule has 0 atom stereocenters. The van der Waals surface area contributed by atoms with Crippen molar-refractivity contribution in [1.29, 1.82) is 0 Å². The normalized spacial score (nSPS) is 11.7. The summed E-state index contributed by atoms with van der Waals surface area (Å²) in [6.45, 7) is 5.57. The number of hydrogen-bond donors (Lipinski definition) is 3. The van der Waals surface area contributed by atoms with Crippen molar-refractivity contribution in [3.05, 3.63) is 29.8 Å². The lowest BCUT2D eigenvalue weighted by molar-refractivity contribution is 0.580. The van der Waals surface area contributed by atoms with Gasteiger partial charge in [-0.15, -0.1) is 24.0 Å². The number of halogens is 1. The zero-order valence-electron chi connectivity index (χ0n) is 13.2. The van der Waals surface area contributed by atoms with Crippen LogP contribution in [-0.4, -0.2) is 41.1 Å². The molecule has 0 unspecified atom stereocenters. The molecule has 0 saturated heterocycles. The van der Waals surface area contributed by atoms with E-state index >= 15 is 0 Å². The monoisotopic (exact) mass is 440 g/mol. The van der Waals surface area contributed by atoms with Gasteiger partial charge in [-0.2, -0.15) is 0 Å². The van der Waals surface area contributed by atoms with Crippen molar-refractivity contribution in [2.75, 3.05) is 26.7 Å². The number of aryl methyl sites for hydroxylation is 1. The molecule has 0 aliphatic heterocycles. The van der Waals surface area contributed by atoms with Crippen LogP contribution in [0.25, 0.3) is 0 Å². The Balaban J connectivity index is 0.00000441. The number of rotatable bonds is 7. The molecule has 0 bridgehead atoms. The molecule has 0 aliphatic rings. The standard InChI is InChI=1S/C14H24N4O2S.HI/c1-4-9-16-14(15-3)17-10-11-18-21(19,20)13-7-5-12(2)6-8-13;/h5-8,18H,4,9-11H2,1-3H3,(H2,15,16,17);1H. The summed E-state index contributed by atoms with van der Waals surface area (Å²) in [4.78, 5) is 4.32. The van der Waals surface area contributed by atoms with Gasteiger partial charge in [0.25, 0.3) is 0 Å². The third-order valence-electron chi connectivity index (χ3n) is 2.81. The van der Waals surface area contributed by atoms with Crippen LogP contribution in [0.1, 0.15) is 18.9 Å². The number of sulfonamides is 1. The first kappa shape index (κ1) is 21.1. The fourth-order valence-corrected chi connectivity index (χ4v) is 2.66. The fraction of sp³-hybridized carbons (Fsp3) is 0.500. The lowest BCUT2D eigenvalue weighted by atomic mass is 10.2. The van der Waals surface area contributed by atoms with Gasteiger partial charge in [0.1, 0.15) is 0 Å². The van der Waals surface area contributed by atoms with E-state index in [4.69, 9.17) is 0 Å². The van der Waals surface area contributed by atoms with E-state index in [0.29, 0.717) is 19.0 Å². The second-order valence-electron chi connectivity index (χ2n) is 4.64. The van der Waals surface area contributed by atoms with Crippen LogP contribution in [0, 0.1) is 6.92 Å². The molecule has 0 aromatic heterocycles. The van der Waals surface area contributed by atoms with E-state index in [1.807, 2.05) is 6.92 Å². The summed E-state index contributed by atoms with van der Waals surface area (Å²) in [6, 6.07) is 6.77. The highest BCUT2D eigenvalue weighted by atomic mass is 127. The van der Waals surface area contributed by atoms with Gasteiger partial charge >= 0.3 is 0 Å². The Labute approximate surface area is 150 Å². The first-order valence-corrected chi connectivity index (χ1v) is 8.48. The van der Waals surface area contributed by atoms with Crippen molar-refractivity contribution in [2.24, 2.45) is 4.99 Å². The van der Waals surface area contributed by atoms with Crippen LogP contribution < -0.4 is 15.4 Å². The van der Waals surface area contributed by atoms with Crippen LogP contribution in [0.5, 0.6) is 0 Å². The SMILES string of the molecule is CCCNC(=NC)NCCNS(=O)(=O)c1ccc(C)cc1.I. The summed E-state index contributed by atoms with van der Waals surface area (Å²) in [5, 5.41) is 6.17. The Morgan fingerprint density at radius 2 is 1.68 bits per heavy atom. The van der Waals surface area contributed by atoms with Crippen LogP contribution in [0.2, 0.25) is 0 Å². The van der Waals surface area contributed by atoms with Crippen molar-refractivity contribution in [3.63, 3.8) is 0 Å². The first-order chi connectivity index (χ1) is 9.99. The lowest BCUT2D eigenvalue weighted by Gasteiger charge is -2.12. The summed E-state index contributed by atoms with van der Waals surface area (Å²) in [5.74, 6) is 0.673. The molecule has 0 spiro atoms. The molecule has 6 nitrogen and oxygen atoms in total. The van der Waals surface area contributed by atoms with Crippen LogP contribution in [0.3, 0.4) is 0 Å². The smallest absolute Gasteiger partial charge is 0.240 e. The topological polar surface area (TPSA) is 82.6 Å². The first-order valence-electron chi connectivity index (χ1n) is 7.00. The molecule has 0 radical (unpaired) electrons. The average Bonchev–Trinajstić information content (AvgIpc) is 2.47. The maximum atomic E-state index is 12.0. The molecule has 0 saturated carbocycles. The summed E-state index contributed by atoms with van der Waals surface area (Å²) in [5.41, 5.74) is 1.03. The molecular formula is C14H25IN4O2S. The molecule has 0 aliphatic carbocycles. The second kappa shape index (κ2) is 10.8. The summed E-state index contributed by atoms with van der Waals surface area (Å²) in [7, 11) is -1.77. The van der Waals surface area contributed by atoms with Crippen LogP contribution >= 0.6 is 24.0 Å². The molecule has 0 fully saturated rings. The zero-order valence-corrected chi connectivity index (χ0v) is 16.4. The highest BCUT2D eigenvalue weighted by Crippen LogP contribution is 2.09. The van der Waals surface area contributed by atoms with E-state index in [-0.39, 0.29) is 28.9 Å². The third kappa shape index (κ3) is 7.41. The Morgan fingerprint density at radius 3 is 2.23 bits per heavy atom. The number of nitrogens with one attached hydrogen (secondary N) is 3. The quantitative estimate of drug-likeness (QED) is 0.260. The number of aliphatic imine (C=N–C) groups is 1. The summed E-state index contributed by atoms with van der Waals surface area (Å²) < 4.78 is 26.6. The Bertz CT molecular complexity index is 559. The molecule has 126 valence electrons. The van der Waals surface area contributed by atoms with E-state index in [9.17, 15) is 8.42 Å². The van der Waals surface area contributed by atoms with E-state index in [1.54, 1.807) is 31.3 Å². The van der Waals surface area contributed by atoms with E-state index in [1.165, 1.54) is 0 Å². The van der Waals surface area contributed by atoms with Gasteiger partial charge in [0.2, 0.25) is 10.0 Å². The average molecular weight is 440 g/mol. The number of hydrogen-bond acceptors (Lipinski definition) is 3.